The van der Waals surface area contributed by atoms with Crippen molar-refractivity contribution in [2.75, 3.05) is 42.2 Å². The first kappa shape index (κ1) is 16.1. The molecule has 2 rings (SSSR count). The molecule has 1 aliphatic heterocycles. The number of anilines is 1. The van der Waals surface area contributed by atoms with Crippen LogP contribution in [0.3, 0.4) is 0 Å². The summed E-state index contributed by atoms with van der Waals surface area (Å²) in [5.41, 5.74) is 1.16. The Balaban J connectivity index is 1.90. The zero-order chi connectivity index (χ0) is 15.3. The molecule has 2 heterocycles. The van der Waals surface area contributed by atoms with E-state index in [1.165, 1.54) is 0 Å². The van der Waals surface area contributed by atoms with Gasteiger partial charge in [-0.1, -0.05) is 6.07 Å². The number of hydrogen-bond donors (Lipinski definition) is 1. The van der Waals surface area contributed by atoms with Gasteiger partial charge in [-0.25, -0.2) is 17.7 Å². The number of nitrogens with zero attached hydrogens (tertiary/aromatic N) is 3. The van der Waals surface area contributed by atoms with E-state index in [1.807, 2.05) is 13.0 Å². The van der Waals surface area contributed by atoms with Gasteiger partial charge in [-0.2, -0.15) is 17.0 Å². The van der Waals surface area contributed by atoms with Crippen LogP contribution in [0.4, 0.5) is 5.82 Å². The van der Waals surface area contributed by atoms with Crippen LogP contribution < -0.4 is 5.32 Å². The Morgan fingerprint density at radius 1 is 1.43 bits per heavy atom. The number of sulfonamides is 1. The van der Waals surface area contributed by atoms with E-state index in [0.717, 1.165) is 17.1 Å². The molecule has 0 amide bonds. The molecule has 6 nitrogen and oxygen atoms in total. The van der Waals surface area contributed by atoms with Gasteiger partial charge in [0.2, 0.25) is 10.0 Å². The highest BCUT2D eigenvalue weighted by atomic mass is 32.2. The molecule has 0 spiro atoms. The van der Waals surface area contributed by atoms with E-state index in [-0.39, 0.29) is 12.3 Å². The normalized spacial score (nSPS) is 16.4. The Morgan fingerprint density at radius 2 is 2.14 bits per heavy atom. The van der Waals surface area contributed by atoms with E-state index >= 15 is 0 Å². The van der Waals surface area contributed by atoms with Crippen molar-refractivity contribution in [3.05, 3.63) is 23.4 Å². The topological polar surface area (TPSA) is 86.1 Å². The zero-order valence-corrected chi connectivity index (χ0v) is 13.5. The number of nitriles is 1. The third kappa shape index (κ3) is 4.33. The first-order chi connectivity index (χ1) is 10.0. The van der Waals surface area contributed by atoms with Crippen molar-refractivity contribution < 1.29 is 8.42 Å². The molecule has 0 saturated carbocycles. The SMILES string of the molecule is Cc1ccc(NCCS(=O)(=O)N2CCSCC2)nc1C#N. The molecule has 0 aromatic carbocycles. The van der Waals surface area contributed by atoms with Crippen molar-refractivity contribution in [3.8, 4) is 6.07 Å². The number of nitrogens with one attached hydrogen (secondary N) is 1. The third-order valence-electron chi connectivity index (χ3n) is 3.23. The summed E-state index contributed by atoms with van der Waals surface area (Å²) in [4.78, 5) is 4.14. The Labute approximate surface area is 129 Å². The molecule has 21 heavy (non-hydrogen) atoms. The van der Waals surface area contributed by atoms with Crippen LogP contribution in [0.2, 0.25) is 0 Å². The van der Waals surface area contributed by atoms with E-state index in [9.17, 15) is 8.42 Å². The molecule has 0 unspecified atom stereocenters. The van der Waals surface area contributed by atoms with Crippen molar-refractivity contribution in [1.82, 2.24) is 9.29 Å². The number of thioether (sulfide) groups is 1. The number of pyridine rings is 1. The minimum absolute atomic E-state index is 0.0368. The van der Waals surface area contributed by atoms with Crippen LogP contribution in [0.25, 0.3) is 0 Å². The van der Waals surface area contributed by atoms with Gasteiger partial charge in [-0.05, 0) is 18.6 Å². The quantitative estimate of drug-likeness (QED) is 0.870. The molecule has 1 aromatic heterocycles. The van der Waals surface area contributed by atoms with Gasteiger partial charge in [0.1, 0.15) is 17.6 Å². The van der Waals surface area contributed by atoms with E-state index in [1.54, 1.807) is 28.2 Å². The lowest BCUT2D eigenvalue weighted by molar-refractivity contribution is 0.444. The van der Waals surface area contributed by atoms with E-state index in [2.05, 4.69) is 10.3 Å². The second kappa shape index (κ2) is 7.11. The number of aryl methyl sites for hydroxylation is 1. The highest BCUT2D eigenvalue weighted by Crippen LogP contribution is 2.14. The van der Waals surface area contributed by atoms with Crippen LogP contribution in [0.5, 0.6) is 0 Å². The van der Waals surface area contributed by atoms with Crippen LogP contribution in [0.15, 0.2) is 12.1 Å². The monoisotopic (exact) mass is 326 g/mol. The van der Waals surface area contributed by atoms with Crippen LogP contribution in [0, 0.1) is 18.3 Å². The fourth-order valence-corrected chi connectivity index (χ4v) is 4.49. The van der Waals surface area contributed by atoms with E-state index in [0.29, 0.717) is 24.6 Å². The Morgan fingerprint density at radius 3 is 2.81 bits per heavy atom. The molecule has 114 valence electrons. The van der Waals surface area contributed by atoms with Crippen LogP contribution in [-0.4, -0.2) is 54.6 Å². The summed E-state index contributed by atoms with van der Waals surface area (Å²) in [5, 5.41) is 11.9. The van der Waals surface area contributed by atoms with Crippen LogP contribution in [0.1, 0.15) is 11.3 Å². The minimum Gasteiger partial charge on any atom is -0.369 e. The molecule has 0 aliphatic carbocycles. The van der Waals surface area contributed by atoms with Gasteiger partial charge in [0, 0.05) is 31.1 Å². The van der Waals surface area contributed by atoms with Gasteiger partial charge in [0.15, 0.2) is 0 Å². The lowest BCUT2D eigenvalue weighted by Crippen LogP contribution is -2.40. The van der Waals surface area contributed by atoms with Crippen molar-refractivity contribution >= 4 is 27.6 Å². The highest BCUT2D eigenvalue weighted by Gasteiger charge is 2.23. The third-order valence-corrected chi connectivity index (χ3v) is 6.05. The summed E-state index contributed by atoms with van der Waals surface area (Å²) in [6.07, 6.45) is 0. The van der Waals surface area contributed by atoms with E-state index in [4.69, 9.17) is 5.26 Å². The maximum atomic E-state index is 12.2. The first-order valence-electron chi connectivity index (χ1n) is 6.70. The Bertz CT molecular complexity index is 634. The Hall–Kier alpha value is -1.30. The molecular weight excluding hydrogens is 308 g/mol. The molecule has 1 saturated heterocycles. The molecule has 1 N–H and O–H groups in total. The van der Waals surface area contributed by atoms with Gasteiger partial charge in [-0.15, -0.1) is 0 Å². The molecule has 1 aromatic rings. The smallest absolute Gasteiger partial charge is 0.215 e. The fraction of sp³-hybridized carbons (Fsp3) is 0.538. The molecule has 1 fully saturated rings. The van der Waals surface area contributed by atoms with Crippen molar-refractivity contribution in [2.45, 2.75) is 6.92 Å². The number of rotatable bonds is 5. The van der Waals surface area contributed by atoms with Crippen molar-refractivity contribution in [2.24, 2.45) is 0 Å². The summed E-state index contributed by atoms with van der Waals surface area (Å²) >= 11 is 1.78. The summed E-state index contributed by atoms with van der Waals surface area (Å²) in [7, 11) is -3.21. The van der Waals surface area contributed by atoms with Crippen molar-refractivity contribution in [3.63, 3.8) is 0 Å². The lowest BCUT2D eigenvalue weighted by Gasteiger charge is -2.25. The van der Waals surface area contributed by atoms with E-state index < -0.39 is 10.0 Å². The minimum atomic E-state index is -3.21. The molecular formula is C13H18N4O2S2. The lowest BCUT2D eigenvalue weighted by atomic mass is 10.2. The van der Waals surface area contributed by atoms with Crippen LogP contribution in [-0.2, 0) is 10.0 Å². The predicted octanol–water partition coefficient (Wildman–Crippen LogP) is 1.05. The maximum Gasteiger partial charge on any atom is 0.215 e. The Kier molecular flexibility index (Phi) is 5.45. The summed E-state index contributed by atoms with van der Waals surface area (Å²) in [6, 6.07) is 5.56. The fourth-order valence-electron chi connectivity index (χ4n) is 2.00. The second-order valence-corrected chi connectivity index (χ2v) is 8.04. The first-order valence-corrected chi connectivity index (χ1v) is 9.46. The average Bonchev–Trinajstić information content (AvgIpc) is 2.49. The van der Waals surface area contributed by atoms with Gasteiger partial charge >= 0.3 is 0 Å². The van der Waals surface area contributed by atoms with Crippen molar-refractivity contribution in [1.29, 1.82) is 5.26 Å². The maximum absolute atomic E-state index is 12.2. The number of hydrogen-bond acceptors (Lipinski definition) is 6. The molecule has 0 bridgehead atoms. The van der Waals surface area contributed by atoms with Gasteiger partial charge in [-0.3, -0.25) is 0 Å². The zero-order valence-electron chi connectivity index (χ0n) is 11.9. The molecule has 8 heteroatoms. The largest absolute Gasteiger partial charge is 0.369 e. The summed E-state index contributed by atoms with van der Waals surface area (Å²) < 4.78 is 25.9. The second-order valence-electron chi connectivity index (χ2n) is 4.73. The summed E-state index contributed by atoms with van der Waals surface area (Å²) in [5.74, 6) is 2.28. The van der Waals surface area contributed by atoms with Gasteiger partial charge in [0.25, 0.3) is 0 Å². The molecule has 0 atom stereocenters. The van der Waals surface area contributed by atoms with Crippen LogP contribution >= 0.6 is 11.8 Å². The molecule has 0 radical (unpaired) electrons. The number of aromatic nitrogens is 1. The summed E-state index contributed by atoms with van der Waals surface area (Å²) in [6.45, 7) is 3.28. The predicted molar refractivity (Wildman–Crippen MR) is 84.9 cm³/mol. The highest BCUT2D eigenvalue weighted by molar-refractivity contribution is 7.99. The van der Waals surface area contributed by atoms with Gasteiger partial charge in [0.05, 0.1) is 5.75 Å². The van der Waals surface area contributed by atoms with Gasteiger partial charge < -0.3 is 5.32 Å². The standard InChI is InChI=1S/C13H18N4O2S2/c1-11-2-3-13(16-12(11)10-14)15-4-9-21(18,19)17-5-7-20-8-6-17/h2-3H,4-9H2,1H3,(H,15,16). The molecule has 1 aliphatic rings. The average molecular weight is 326 g/mol.